The molecule has 0 saturated carbocycles. The maximum absolute atomic E-state index is 12.1. The Morgan fingerprint density at radius 2 is 2.00 bits per heavy atom. The zero-order valence-corrected chi connectivity index (χ0v) is 13.1. The molecular formula is C16H21N3O3. The van der Waals surface area contributed by atoms with E-state index in [2.05, 4.69) is 10.4 Å². The minimum Gasteiger partial charge on any atom is -0.493 e. The summed E-state index contributed by atoms with van der Waals surface area (Å²) in [7, 11) is 3.11. The Balaban J connectivity index is 1.84. The summed E-state index contributed by atoms with van der Waals surface area (Å²) in [5, 5.41) is 7.19. The van der Waals surface area contributed by atoms with Gasteiger partial charge in [-0.25, -0.2) is 0 Å². The van der Waals surface area contributed by atoms with Crippen molar-refractivity contribution in [1.29, 1.82) is 0 Å². The molecule has 118 valence electrons. The molecule has 0 radical (unpaired) electrons. The highest BCUT2D eigenvalue weighted by Crippen LogP contribution is 2.27. The van der Waals surface area contributed by atoms with Crippen LogP contribution in [0, 0.1) is 6.92 Å². The third kappa shape index (κ3) is 4.00. The maximum Gasteiger partial charge on any atom is 0.251 e. The lowest BCUT2D eigenvalue weighted by Gasteiger charge is -2.10. The zero-order chi connectivity index (χ0) is 15.9. The summed E-state index contributed by atoms with van der Waals surface area (Å²) < 4.78 is 12.2. The third-order valence-electron chi connectivity index (χ3n) is 3.27. The van der Waals surface area contributed by atoms with E-state index in [4.69, 9.17) is 9.47 Å². The fourth-order valence-electron chi connectivity index (χ4n) is 2.11. The first-order valence-corrected chi connectivity index (χ1v) is 7.14. The summed E-state index contributed by atoms with van der Waals surface area (Å²) in [6.07, 6.45) is 2.76. The fraction of sp³-hybridized carbons (Fsp3) is 0.375. The molecule has 1 heterocycles. The summed E-state index contributed by atoms with van der Waals surface area (Å²) in [5.41, 5.74) is 1.54. The first-order valence-electron chi connectivity index (χ1n) is 7.14. The van der Waals surface area contributed by atoms with Crippen LogP contribution in [-0.4, -0.2) is 36.5 Å². The number of carbonyl (C=O) groups is 1. The predicted octanol–water partition coefficient (Wildman–Crippen LogP) is 2.03. The minimum absolute atomic E-state index is 0.127. The number of carbonyl (C=O) groups excluding carboxylic acids is 1. The first-order chi connectivity index (χ1) is 10.6. The van der Waals surface area contributed by atoms with E-state index in [1.165, 1.54) is 0 Å². The Morgan fingerprint density at radius 3 is 2.64 bits per heavy atom. The highest BCUT2D eigenvalue weighted by Gasteiger charge is 2.10. The van der Waals surface area contributed by atoms with Gasteiger partial charge in [-0.15, -0.1) is 0 Å². The number of benzene rings is 1. The molecule has 0 bridgehead atoms. The van der Waals surface area contributed by atoms with Gasteiger partial charge in [0.2, 0.25) is 0 Å². The second-order valence-corrected chi connectivity index (χ2v) is 4.90. The molecule has 0 spiro atoms. The number of ether oxygens (including phenoxy) is 2. The Kier molecular flexibility index (Phi) is 5.41. The van der Waals surface area contributed by atoms with Crippen LogP contribution < -0.4 is 14.8 Å². The Labute approximate surface area is 130 Å². The minimum atomic E-state index is -0.127. The van der Waals surface area contributed by atoms with Crippen molar-refractivity contribution in [2.45, 2.75) is 19.9 Å². The summed E-state index contributed by atoms with van der Waals surface area (Å²) in [5.74, 6) is 1.02. The normalized spacial score (nSPS) is 10.3. The lowest BCUT2D eigenvalue weighted by molar-refractivity contribution is 0.0952. The molecule has 0 unspecified atom stereocenters. The molecule has 6 heteroatoms. The van der Waals surface area contributed by atoms with E-state index >= 15 is 0 Å². The number of nitrogens with one attached hydrogen (secondary N) is 1. The number of rotatable bonds is 7. The lowest BCUT2D eigenvalue weighted by atomic mass is 10.2. The number of amides is 1. The Bertz CT molecular complexity index is 637. The molecule has 0 fully saturated rings. The second kappa shape index (κ2) is 7.49. The van der Waals surface area contributed by atoms with Crippen molar-refractivity contribution in [3.05, 3.63) is 41.7 Å². The van der Waals surface area contributed by atoms with Crippen LogP contribution in [0.4, 0.5) is 0 Å². The molecule has 1 amide bonds. The van der Waals surface area contributed by atoms with Crippen molar-refractivity contribution >= 4 is 5.91 Å². The van der Waals surface area contributed by atoms with Crippen molar-refractivity contribution in [3.63, 3.8) is 0 Å². The highest BCUT2D eigenvalue weighted by atomic mass is 16.5. The van der Waals surface area contributed by atoms with E-state index in [0.717, 1.165) is 18.7 Å². The number of aromatic nitrogens is 2. The van der Waals surface area contributed by atoms with Crippen LogP contribution in [-0.2, 0) is 6.54 Å². The highest BCUT2D eigenvalue weighted by molar-refractivity contribution is 5.94. The van der Waals surface area contributed by atoms with Gasteiger partial charge < -0.3 is 14.8 Å². The molecule has 0 atom stereocenters. The number of hydrogen-bond donors (Lipinski definition) is 1. The van der Waals surface area contributed by atoms with Crippen LogP contribution in [0.5, 0.6) is 11.5 Å². The summed E-state index contributed by atoms with van der Waals surface area (Å²) in [4.78, 5) is 12.1. The zero-order valence-electron chi connectivity index (χ0n) is 13.1. The van der Waals surface area contributed by atoms with Crippen LogP contribution >= 0.6 is 0 Å². The average molecular weight is 303 g/mol. The molecule has 6 nitrogen and oxygen atoms in total. The quantitative estimate of drug-likeness (QED) is 0.795. The van der Waals surface area contributed by atoms with E-state index in [1.54, 1.807) is 32.4 Å². The molecule has 2 rings (SSSR count). The second-order valence-electron chi connectivity index (χ2n) is 4.90. The molecule has 0 aliphatic carbocycles. The van der Waals surface area contributed by atoms with E-state index in [9.17, 15) is 4.79 Å². The van der Waals surface area contributed by atoms with Crippen molar-refractivity contribution in [2.24, 2.45) is 0 Å². The Morgan fingerprint density at radius 1 is 1.23 bits per heavy atom. The summed E-state index contributed by atoms with van der Waals surface area (Å²) >= 11 is 0. The monoisotopic (exact) mass is 303 g/mol. The number of aryl methyl sites for hydroxylation is 2. The molecule has 0 saturated heterocycles. The van der Waals surface area contributed by atoms with Gasteiger partial charge in [0.15, 0.2) is 11.5 Å². The van der Waals surface area contributed by atoms with Gasteiger partial charge in [0, 0.05) is 24.8 Å². The summed E-state index contributed by atoms with van der Waals surface area (Å²) in [6.45, 7) is 3.32. The van der Waals surface area contributed by atoms with E-state index in [0.29, 0.717) is 23.6 Å². The van der Waals surface area contributed by atoms with Gasteiger partial charge in [-0.3, -0.25) is 9.48 Å². The molecule has 2 aromatic rings. The number of hydrogen-bond acceptors (Lipinski definition) is 4. The van der Waals surface area contributed by atoms with Crippen molar-refractivity contribution in [3.8, 4) is 11.5 Å². The standard InChI is InChI=1S/C16H21N3O3/c1-12-7-10-19(18-12)9-4-8-17-16(20)13-5-6-14(21-2)15(11-13)22-3/h5-7,10-11H,4,8-9H2,1-3H3,(H,17,20). The van der Waals surface area contributed by atoms with E-state index in [-0.39, 0.29) is 5.91 Å². The maximum atomic E-state index is 12.1. The summed E-state index contributed by atoms with van der Waals surface area (Å²) in [6, 6.07) is 7.07. The van der Waals surface area contributed by atoms with Gasteiger partial charge in [0.1, 0.15) is 0 Å². The lowest BCUT2D eigenvalue weighted by Crippen LogP contribution is -2.25. The average Bonchev–Trinajstić information content (AvgIpc) is 2.96. The van der Waals surface area contributed by atoms with Crippen molar-refractivity contribution < 1.29 is 14.3 Å². The van der Waals surface area contributed by atoms with Crippen LogP contribution in [0.1, 0.15) is 22.5 Å². The van der Waals surface area contributed by atoms with Gasteiger partial charge in [0.05, 0.1) is 19.9 Å². The third-order valence-corrected chi connectivity index (χ3v) is 3.27. The predicted molar refractivity (Wildman–Crippen MR) is 83.5 cm³/mol. The van der Waals surface area contributed by atoms with Gasteiger partial charge in [0.25, 0.3) is 5.91 Å². The van der Waals surface area contributed by atoms with Gasteiger partial charge >= 0.3 is 0 Å². The van der Waals surface area contributed by atoms with Gasteiger partial charge in [-0.2, -0.15) is 5.10 Å². The van der Waals surface area contributed by atoms with Crippen LogP contribution in [0.2, 0.25) is 0 Å². The number of methoxy groups -OCH3 is 2. The van der Waals surface area contributed by atoms with Crippen molar-refractivity contribution in [2.75, 3.05) is 20.8 Å². The fourth-order valence-corrected chi connectivity index (χ4v) is 2.11. The van der Waals surface area contributed by atoms with Crippen LogP contribution in [0.25, 0.3) is 0 Å². The van der Waals surface area contributed by atoms with Gasteiger partial charge in [-0.05, 0) is 37.6 Å². The largest absolute Gasteiger partial charge is 0.493 e. The molecular weight excluding hydrogens is 282 g/mol. The van der Waals surface area contributed by atoms with Crippen LogP contribution in [0.15, 0.2) is 30.5 Å². The van der Waals surface area contributed by atoms with Gasteiger partial charge in [-0.1, -0.05) is 0 Å². The van der Waals surface area contributed by atoms with E-state index < -0.39 is 0 Å². The molecule has 0 aliphatic heterocycles. The SMILES string of the molecule is COc1ccc(C(=O)NCCCn2ccc(C)n2)cc1OC. The van der Waals surface area contributed by atoms with Crippen molar-refractivity contribution in [1.82, 2.24) is 15.1 Å². The molecule has 22 heavy (non-hydrogen) atoms. The first kappa shape index (κ1) is 15.9. The smallest absolute Gasteiger partial charge is 0.251 e. The number of nitrogens with zero attached hydrogens (tertiary/aromatic N) is 2. The van der Waals surface area contributed by atoms with E-state index in [1.807, 2.05) is 23.9 Å². The van der Waals surface area contributed by atoms with Crippen LogP contribution in [0.3, 0.4) is 0 Å². The Hall–Kier alpha value is -2.50. The molecule has 0 aliphatic rings. The topological polar surface area (TPSA) is 65.4 Å². The molecule has 1 N–H and O–H groups in total. The molecule has 1 aromatic heterocycles. The molecule has 1 aromatic carbocycles.